The molecular formula is C11H16BrN3O. The van der Waals surface area contributed by atoms with Crippen LogP contribution in [-0.4, -0.2) is 33.6 Å². The third kappa shape index (κ3) is 2.35. The number of piperidine rings is 1. The minimum Gasteiger partial charge on any atom is -0.300 e. The largest absolute Gasteiger partial charge is 0.300 e. The van der Waals surface area contributed by atoms with E-state index in [0.29, 0.717) is 18.6 Å². The summed E-state index contributed by atoms with van der Waals surface area (Å²) in [6.07, 6.45) is 1.38. The minimum absolute atomic E-state index is 0.386. The predicted octanol–water partition coefficient (Wildman–Crippen LogP) is 1.66. The molecule has 88 valence electrons. The van der Waals surface area contributed by atoms with E-state index in [9.17, 15) is 4.79 Å². The number of rotatable bonds is 2. The molecule has 16 heavy (non-hydrogen) atoms. The fourth-order valence-electron chi connectivity index (χ4n) is 2.02. The van der Waals surface area contributed by atoms with E-state index in [4.69, 9.17) is 0 Å². The van der Waals surface area contributed by atoms with Crippen LogP contribution < -0.4 is 0 Å². The van der Waals surface area contributed by atoms with Crippen LogP contribution in [0, 0.1) is 6.92 Å². The molecule has 0 saturated carbocycles. The molecular weight excluding hydrogens is 270 g/mol. The highest BCUT2D eigenvalue weighted by atomic mass is 79.9. The summed E-state index contributed by atoms with van der Waals surface area (Å²) in [4.78, 5) is 13.5. The number of halogens is 1. The van der Waals surface area contributed by atoms with Crippen LogP contribution in [0.1, 0.15) is 24.2 Å². The summed E-state index contributed by atoms with van der Waals surface area (Å²) in [5.74, 6) is 0.386. The van der Waals surface area contributed by atoms with Gasteiger partial charge in [0.25, 0.3) is 0 Å². The van der Waals surface area contributed by atoms with Crippen molar-refractivity contribution in [3.05, 3.63) is 15.9 Å². The van der Waals surface area contributed by atoms with E-state index in [1.54, 1.807) is 0 Å². The standard InChI is InChI=1S/C11H16BrN3O/c1-8-11(12)10(14(2)13-8)7-15-5-3-9(16)4-6-15/h3-7H2,1-2H3. The lowest BCUT2D eigenvalue weighted by molar-refractivity contribution is -0.121. The summed E-state index contributed by atoms with van der Waals surface area (Å²) in [7, 11) is 1.96. The van der Waals surface area contributed by atoms with Crippen LogP contribution in [0.4, 0.5) is 0 Å². The van der Waals surface area contributed by atoms with Crippen LogP contribution in [-0.2, 0) is 18.4 Å². The van der Waals surface area contributed by atoms with Crippen molar-refractivity contribution in [2.24, 2.45) is 7.05 Å². The number of hydrogen-bond donors (Lipinski definition) is 0. The van der Waals surface area contributed by atoms with Gasteiger partial charge in [-0.05, 0) is 22.9 Å². The molecule has 0 N–H and O–H groups in total. The van der Waals surface area contributed by atoms with Gasteiger partial charge in [0.1, 0.15) is 5.78 Å². The topological polar surface area (TPSA) is 38.1 Å². The highest BCUT2D eigenvalue weighted by Gasteiger charge is 2.19. The fourth-order valence-corrected chi connectivity index (χ4v) is 2.49. The van der Waals surface area contributed by atoms with E-state index >= 15 is 0 Å². The first-order chi connectivity index (χ1) is 7.58. The normalized spacial score (nSPS) is 18.1. The summed E-state index contributed by atoms with van der Waals surface area (Å²) in [6.45, 7) is 4.60. The molecule has 1 aliphatic heterocycles. The molecule has 0 aromatic carbocycles. The maximum atomic E-state index is 11.1. The van der Waals surface area contributed by atoms with Gasteiger partial charge in [0.05, 0.1) is 15.9 Å². The highest BCUT2D eigenvalue weighted by molar-refractivity contribution is 9.10. The van der Waals surface area contributed by atoms with Gasteiger partial charge < -0.3 is 0 Å². The maximum absolute atomic E-state index is 11.1. The molecule has 0 spiro atoms. The van der Waals surface area contributed by atoms with Crippen molar-refractivity contribution in [1.82, 2.24) is 14.7 Å². The van der Waals surface area contributed by atoms with Crippen LogP contribution in [0.3, 0.4) is 0 Å². The van der Waals surface area contributed by atoms with Crippen molar-refractivity contribution < 1.29 is 4.79 Å². The van der Waals surface area contributed by atoms with Crippen molar-refractivity contribution in [3.63, 3.8) is 0 Å². The van der Waals surface area contributed by atoms with E-state index in [-0.39, 0.29) is 0 Å². The maximum Gasteiger partial charge on any atom is 0.135 e. The van der Waals surface area contributed by atoms with Crippen LogP contribution in [0.2, 0.25) is 0 Å². The molecule has 1 aliphatic rings. The van der Waals surface area contributed by atoms with Crippen molar-refractivity contribution in [2.45, 2.75) is 26.3 Å². The number of hydrogen-bond acceptors (Lipinski definition) is 3. The first kappa shape index (κ1) is 11.8. The zero-order chi connectivity index (χ0) is 11.7. The van der Waals surface area contributed by atoms with Crippen LogP contribution in [0.25, 0.3) is 0 Å². The highest BCUT2D eigenvalue weighted by Crippen LogP contribution is 2.22. The van der Waals surface area contributed by atoms with Gasteiger partial charge in [-0.1, -0.05) is 0 Å². The molecule has 1 fully saturated rings. The molecule has 1 aromatic rings. The second kappa shape index (κ2) is 4.67. The summed E-state index contributed by atoms with van der Waals surface area (Å²) in [5.41, 5.74) is 2.21. The van der Waals surface area contributed by atoms with E-state index < -0.39 is 0 Å². The Morgan fingerprint density at radius 3 is 2.50 bits per heavy atom. The Kier molecular flexibility index (Phi) is 3.44. The Morgan fingerprint density at radius 1 is 1.38 bits per heavy atom. The SMILES string of the molecule is Cc1nn(C)c(CN2CCC(=O)CC2)c1Br. The number of carbonyl (C=O) groups excluding carboxylic acids is 1. The van der Waals surface area contributed by atoms with E-state index in [1.165, 1.54) is 5.69 Å². The Labute approximate surface area is 104 Å². The zero-order valence-electron chi connectivity index (χ0n) is 9.66. The minimum atomic E-state index is 0.386. The first-order valence-corrected chi connectivity index (χ1v) is 6.29. The molecule has 2 heterocycles. The number of aryl methyl sites for hydroxylation is 2. The number of carbonyl (C=O) groups is 1. The second-order valence-corrected chi connectivity index (χ2v) is 5.08. The van der Waals surface area contributed by atoms with Crippen molar-refractivity contribution >= 4 is 21.7 Å². The third-order valence-electron chi connectivity index (χ3n) is 3.05. The summed E-state index contributed by atoms with van der Waals surface area (Å²) < 4.78 is 3.00. The van der Waals surface area contributed by atoms with E-state index in [1.807, 2.05) is 18.7 Å². The molecule has 0 radical (unpaired) electrons. The molecule has 5 heteroatoms. The van der Waals surface area contributed by atoms with Gasteiger partial charge in [-0.15, -0.1) is 0 Å². The lowest BCUT2D eigenvalue weighted by atomic mass is 10.1. The number of aromatic nitrogens is 2. The van der Waals surface area contributed by atoms with Crippen molar-refractivity contribution in [3.8, 4) is 0 Å². The van der Waals surface area contributed by atoms with Gasteiger partial charge in [0.15, 0.2) is 0 Å². The predicted molar refractivity (Wildman–Crippen MR) is 65.2 cm³/mol. The Balaban J connectivity index is 2.06. The van der Waals surface area contributed by atoms with Gasteiger partial charge in [0.2, 0.25) is 0 Å². The molecule has 1 aromatic heterocycles. The summed E-state index contributed by atoms with van der Waals surface area (Å²) in [5, 5.41) is 4.37. The number of Topliss-reactive ketones (excluding diaryl/α,β-unsaturated/α-hetero) is 1. The lowest BCUT2D eigenvalue weighted by Gasteiger charge is -2.25. The Morgan fingerprint density at radius 2 is 2.00 bits per heavy atom. The van der Waals surface area contributed by atoms with E-state index in [2.05, 4.69) is 25.9 Å². The zero-order valence-corrected chi connectivity index (χ0v) is 11.2. The molecule has 0 amide bonds. The van der Waals surface area contributed by atoms with Gasteiger partial charge in [0, 0.05) is 39.5 Å². The first-order valence-electron chi connectivity index (χ1n) is 5.50. The van der Waals surface area contributed by atoms with Crippen LogP contribution >= 0.6 is 15.9 Å². The average Bonchev–Trinajstić information content (AvgIpc) is 2.48. The van der Waals surface area contributed by atoms with E-state index in [0.717, 1.165) is 29.8 Å². The number of likely N-dealkylation sites (tertiary alicyclic amines) is 1. The molecule has 4 nitrogen and oxygen atoms in total. The average molecular weight is 286 g/mol. The molecule has 0 bridgehead atoms. The molecule has 0 atom stereocenters. The smallest absolute Gasteiger partial charge is 0.135 e. The molecule has 2 rings (SSSR count). The molecule has 1 saturated heterocycles. The lowest BCUT2D eigenvalue weighted by Crippen LogP contribution is -2.33. The quantitative estimate of drug-likeness (QED) is 0.830. The molecule has 0 aliphatic carbocycles. The number of nitrogens with zero attached hydrogens (tertiary/aromatic N) is 3. The number of ketones is 1. The van der Waals surface area contributed by atoms with Crippen molar-refractivity contribution in [1.29, 1.82) is 0 Å². The Bertz CT molecular complexity index is 404. The fraction of sp³-hybridized carbons (Fsp3) is 0.636. The summed E-state index contributed by atoms with van der Waals surface area (Å²) >= 11 is 3.56. The van der Waals surface area contributed by atoms with Gasteiger partial charge in [-0.25, -0.2) is 0 Å². The van der Waals surface area contributed by atoms with Gasteiger partial charge >= 0.3 is 0 Å². The monoisotopic (exact) mass is 285 g/mol. The molecule has 0 unspecified atom stereocenters. The third-order valence-corrected chi connectivity index (χ3v) is 4.08. The second-order valence-electron chi connectivity index (χ2n) is 4.28. The Hall–Kier alpha value is -0.680. The van der Waals surface area contributed by atoms with Crippen LogP contribution in [0.15, 0.2) is 4.47 Å². The van der Waals surface area contributed by atoms with Gasteiger partial charge in [-0.2, -0.15) is 5.10 Å². The van der Waals surface area contributed by atoms with Crippen molar-refractivity contribution in [2.75, 3.05) is 13.1 Å². The van der Waals surface area contributed by atoms with Crippen LogP contribution in [0.5, 0.6) is 0 Å². The van der Waals surface area contributed by atoms with Gasteiger partial charge in [-0.3, -0.25) is 14.4 Å². The summed E-state index contributed by atoms with van der Waals surface area (Å²) in [6, 6.07) is 0.